The Morgan fingerprint density at radius 1 is 1.50 bits per heavy atom. The van der Waals surface area contributed by atoms with Gasteiger partial charge in [-0.25, -0.2) is 5.84 Å². The standard InChI is InChI=1S/C6H13N3S/c1-8(7)6(10)9-4-2-3-5-9/h2-5,7H2,1H3. The van der Waals surface area contributed by atoms with Gasteiger partial charge >= 0.3 is 0 Å². The van der Waals surface area contributed by atoms with E-state index in [1.807, 2.05) is 0 Å². The Labute approximate surface area is 66.7 Å². The van der Waals surface area contributed by atoms with Crippen molar-refractivity contribution in [2.45, 2.75) is 12.8 Å². The molecular formula is C6H13N3S. The van der Waals surface area contributed by atoms with E-state index in [0.29, 0.717) is 0 Å². The van der Waals surface area contributed by atoms with Crippen LogP contribution in [0.2, 0.25) is 0 Å². The first-order valence-corrected chi connectivity index (χ1v) is 3.90. The molecule has 1 heterocycles. The number of hydrogen-bond donors (Lipinski definition) is 1. The van der Waals surface area contributed by atoms with E-state index in [0.717, 1.165) is 18.2 Å². The molecule has 3 nitrogen and oxygen atoms in total. The molecule has 1 fully saturated rings. The first kappa shape index (κ1) is 7.75. The highest BCUT2D eigenvalue weighted by molar-refractivity contribution is 7.80. The molecule has 0 atom stereocenters. The average molecular weight is 159 g/mol. The Kier molecular flexibility index (Phi) is 2.45. The molecule has 4 heteroatoms. The van der Waals surface area contributed by atoms with Gasteiger partial charge in [-0.15, -0.1) is 0 Å². The van der Waals surface area contributed by atoms with Crippen LogP contribution in [0.25, 0.3) is 0 Å². The lowest BCUT2D eigenvalue weighted by molar-refractivity contribution is 0.416. The van der Waals surface area contributed by atoms with Crippen molar-refractivity contribution in [2.24, 2.45) is 5.84 Å². The lowest BCUT2D eigenvalue weighted by Crippen LogP contribution is -2.42. The zero-order valence-corrected chi connectivity index (χ0v) is 7.02. The molecule has 2 N–H and O–H groups in total. The molecular weight excluding hydrogens is 146 g/mol. The Morgan fingerprint density at radius 2 is 2.00 bits per heavy atom. The second kappa shape index (κ2) is 3.16. The fourth-order valence-corrected chi connectivity index (χ4v) is 1.31. The largest absolute Gasteiger partial charge is 0.348 e. The third-order valence-corrected chi connectivity index (χ3v) is 2.22. The zero-order valence-electron chi connectivity index (χ0n) is 6.21. The van der Waals surface area contributed by atoms with E-state index >= 15 is 0 Å². The number of hydrazine groups is 1. The molecule has 1 aliphatic rings. The molecule has 10 heavy (non-hydrogen) atoms. The first-order chi connectivity index (χ1) is 4.72. The van der Waals surface area contributed by atoms with Crippen LogP contribution in [0.5, 0.6) is 0 Å². The summed E-state index contributed by atoms with van der Waals surface area (Å²) < 4.78 is 0. The smallest absolute Gasteiger partial charge is 0.185 e. The molecule has 0 spiro atoms. The summed E-state index contributed by atoms with van der Waals surface area (Å²) in [6.45, 7) is 2.14. The van der Waals surface area contributed by atoms with Crippen molar-refractivity contribution in [2.75, 3.05) is 20.1 Å². The summed E-state index contributed by atoms with van der Waals surface area (Å²) in [4.78, 5) is 2.13. The van der Waals surface area contributed by atoms with Crippen molar-refractivity contribution in [1.29, 1.82) is 0 Å². The summed E-state index contributed by atoms with van der Waals surface area (Å²) in [5.74, 6) is 5.47. The van der Waals surface area contributed by atoms with Gasteiger partial charge in [0.2, 0.25) is 0 Å². The van der Waals surface area contributed by atoms with Crippen LogP contribution in [-0.4, -0.2) is 35.2 Å². The van der Waals surface area contributed by atoms with E-state index < -0.39 is 0 Å². The number of rotatable bonds is 0. The molecule has 1 saturated heterocycles. The normalized spacial score (nSPS) is 17.6. The van der Waals surface area contributed by atoms with E-state index in [-0.39, 0.29) is 0 Å². The highest BCUT2D eigenvalue weighted by Gasteiger charge is 2.15. The molecule has 0 aromatic carbocycles. The van der Waals surface area contributed by atoms with Crippen LogP contribution in [-0.2, 0) is 0 Å². The summed E-state index contributed by atoms with van der Waals surface area (Å²) in [7, 11) is 1.78. The van der Waals surface area contributed by atoms with E-state index in [9.17, 15) is 0 Å². The summed E-state index contributed by atoms with van der Waals surface area (Å²) >= 11 is 5.06. The highest BCUT2D eigenvalue weighted by atomic mass is 32.1. The third-order valence-electron chi connectivity index (χ3n) is 1.68. The molecule has 1 aliphatic heterocycles. The van der Waals surface area contributed by atoms with Crippen molar-refractivity contribution >= 4 is 17.3 Å². The van der Waals surface area contributed by atoms with E-state index in [2.05, 4.69) is 4.90 Å². The van der Waals surface area contributed by atoms with Crippen molar-refractivity contribution in [3.63, 3.8) is 0 Å². The second-order valence-electron chi connectivity index (χ2n) is 2.59. The number of nitrogens with two attached hydrogens (primary N) is 1. The Morgan fingerprint density at radius 3 is 2.40 bits per heavy atom. The van der Waals surface area contributed by atoms with Crippen molar-refractivity contribution in [3.05, 3.63) is 0 Å². The molecule has 0 aromatic rings. The summed E-state index contributed by atoms with van der Waals surface area (Å²) in [5, 5.41) is 2.26. The topological polar surface area (TPSA) is 32.5 Å². The molecule has 1 rings (SSSR count). The predicted molar refractivity (Wildman–Crippen MR) is 45.4 cm³/mol. The molecule has 0 aliphatic carbocycles. The lowest BCUT2D eigenvalue weighted by Gasteiger charge is -2.23. The van der Waals surface area contributed by atoms with Gasteiger partial charge in [-0.1, -0.05) is 0 Å². The minimum Gasteiger partial charge on any atom is -0.348 e. The quantitative estimate of drug-likeness (QED) is 0.310. The number of nitrogens with zero attached hydrogens (tertiary/aromatic N) is 2. The fourth-order valence-electron chi connectivity index (χ4n) is 1.13. The molecule has 0 aromatic heterocycles. The van der Waals surface area contributed by atoms with Crippen molar-refractivity contribution in [1.82, 2.24) is 9.91 Å². The average Bonchev–Trinajstić information content (AvgIpc) is 2.36. The maximum absolute atomic E-state index is 5.47. The Hall–Kier alpha value is -0.350. The minimum absolute atomic E-state index is 0.762. The van der Waals surface area contributed by atoms with Crippen LogP contribution in [0, 0.1) is 0 Å². The number of thiocarbonyl (C=S) groups is 1. The number of hydrogen-bond acceptors (Lipinski definition) is 2. The monoisotopic (exact) mass is 159 g/mol. The predicted octanol–water partition coefficient (Wildman–Crippen LogP) is 0.173. The SMILES string of the molecule is CN(N)C(=S)N1CCCC1. The van der Waals surface area contributed by atoms with Crippen LogP contribution in [0.1, 0.15) is 12.8 Å². The van der Waals surface area contributed by atoms with Crippen LogP contribution in [0.15, 0.2) is 0 Å². The van der Waals surface area contributed by atoms with Gasteiger partial charge in [0.25, 0.3) is 0 Å². The van der Waals surface area contributed by atoms with E-state index in [1.165, 1.54) is 17.9 Å². The minimum atomic E-state index is 0.762. The third kappa shape index (κ3) is 1.58. The molecule has 0 amide bonds. The molecule has 0 saturated carbocycles. The second-order valence-corrected chi connectivity index (χ2v) is 2.95. The summed E-state index contributed by atoms with van der Waals surface area (Å²) in [6, 6.07) is 0. The Bertz CT molecular complexity index is 129. The first-order valence-electron chi connectivity index (χ1n) is 3.49. The van der Waals surface area contributed by atoms with Gasteiger partial charge in [0.05, 0.1) is 0 Å². The molecule has 0 unspecified atom stereocenters. The van der Waals surface area contributed by atoms with Crippen LogP contribution < -0.4 is 5.84 Å². The van der Waals surface area contributed by atoms with E-state index in [1.54, 1.807) is 7.05 Å². The Balaban J connectivity index is 2.40. The van der Waals surface area contributed by atoms with Gasteiger partial charge in [-0.3, -0.25) is 5.01 Å². The van der Waals surface area contributed by atoms with Gasteiger partial charge in [-0.2, -0.15) is 0 Å². The van der Waals surface area contributed by atoms with Gasteiger partial charge in [-0.05, 0) is 25.1 Å². The summed E-state index contributed by atoms with van der Waals surface area (Å²) in [6.07, 6.45) is 2.49. The molecule has 0 bridgehead atoms. The van der Waals surface area contributed by atoms with E-state index in [4.69, 9.17) is 18.1 Å². The maximum Gasteiger partial charge on any atom is 0.185 e. The van der Waals surface area contributed by atoms with Gasteiger partial charge in [0.1, 0.15) is 0 Å². The van der Waals surface area contributed by atoms with Crippen molar-refractivity contribution < 1.29 is 0 Å². The van der Waals surface area contributed by atoms with Crippen molar-refractivity contribution in [3.8, 4) is 0 Å². The van der Waals surface area contributed by atoms with Crippen LogP contribution in [0.3, 0.4) is 0 Å². The van der Waals surface area contributed by atoms with Gasteiger partial charge < -0.3 is 4.90 Å². The fraction of sp³-hybridized carbons (Fsp3) is 0.833. The zero-order chi connectivity index (χ0) is 7.56. The number of likely N-dealkylation sites (tertiary alicyclic amines) is 1. The van der Waals surface area contributed by atoms with Crippen LogP contribution >= 0.6 is 12.2 Å². The molecule has 58 valence electrons. The maximum atomic E-state index is 5.47. The summed E-state index contributed by atoms with van der Waals surface area (Å²) in [5.41, 5.74) is 0. The highest BCUT2D eigenvalue weighted by Crippen LogP contribution is 2.08. The van der Waals surface area contributed by atoms with Crippen LogP contribution in [0.4, 0.5) is 0 Å². The van der Waals surface area contributed by atoms with Gasteiger partial charge in [0.15, 0.2) is 5.11 Å². The molecule has 0 radical (unpaired) electrons. The lowest BCUT2D eigenvalue weighted by atomic mass is 10.4. The van der Waals surface area contributed by atoms with Gasteiger partial charge in [0, 0.05) is 20.1 Å².